The molecule has 0 spiro atoms. The summed E-state index contributed by atoms with van der Waals surface area (Å²) in [6, 6.07) is 1.20. The van der Waals surface area contributed by atoms with E-state index in [1.165, 1.54) is 28.7 Å². The number of ether oxygens (including phenoxy) is 1. The van der Waals surface area contributed by atoms with Gasteiger partial charge in [-0.25, -0.2) is 9.59 Å². The molecule has 1 heterocycles. The first-order valence-corrected chi connectivity index (χ1v) is 9.55. The SMILES string of the molecule is CC[C@@H]1CCc2sc(C(=O)O[C@@H](C)C(=O)NC(=O)NC(C)C)cc2C1. The zero-order valence-corrected chi connectivity index (χ0v) is 16.0. The van der Waals surface area contributed by atoms with E-state index in [9.17, 15) is 14.4 Å². The second-order valence-electron chi connectivity index (χ2n) is 6.74. The van der Waals surface area contributed by atoms with E-state index in [0.717, 1.165) is 25.7 Å². The van der Waals surface area contributed by atoms with Crippen molar-refractivity contribution in [2.75, 3.05) is 0 Å². The molecule has 2 N–H and O–H groups in total. The van der Waals surface area contributed by atoms with Gasteiger partial charge in [-0.3, -0.25) is 10.1 Å². The van der Waals surface area contributed by atoms with Gasteiger partial charge in [-0.05, 0) is 57.6 Å². The van der Waals surface area contributed by atoms with Gasteiger partial charge in [0.05, 0.1) is 0 Å². The van der Waals surface area contributed by atoms with Crippen molar-refractivity contribution in [1.29, 1.82) is 0 Å². The Kier molecular flexibility index (Phi) is 6.58. The maximum atomic E-state index is 12.3. The maximum absolute atomic E-state index is 12.3. The number of amides is 3. The average Bonchev–Trinajstić information content (AvgIpc) is 2.96. The molecule has 1 aromatic heterocycles. The van der Waals surface area contributed by atoms with E-state index in [4.69, 9.17) is 4.74 Å². The first-order chi connectivity index (χ1) is 11.8. The topological polar surface area (TPSA) is 84.5 Å². The maximum Gasteiger partial charge on any atom is 0.349 e. The summed E-state index contributed by atoms with van der Waals surface area (Å²) >= 11 is 1.45. The van der Waals surface area contributed by atoms with Gasteiger partial charge in [0.15, 0.2) is 6.10 Å². The number of esters is 1. The lowest BCUT2D eigenvalue weighted by atomic mass is 9.87. The first-order valence-electron chi connectivity index (χ1n) is 8.74. The summed E-state index contributed by atoms with van der Waals surface area (Å²) < 4.78 is 5.21. The molecule has 7 heteroatoms. The van der Waals surface area contributed by atoms with Crippen LogP contribution in [0.15, 0.2) is 6.07 Å². The highest BCUT2D eigenvalue weighted by molar-refractivity contribution is 7.14. The Morgan fingerprint density at radius 3 is 2.68 bits per heavy atom. The summed E-state index contributed by atoms with van der Waals surface area (Å²) in [6.07, 6.45) is 3.26. The van der Waals surface area contributed by atoms with Crippen LogP contribution in [0.25, 0.3) is 0 Å². The molecule has 0 saturated carbocycles. The van der Waals surface area contributed by atoms with Crippen LogP contribution >= 0.6 is 11.3 Å². The standard InChI is InChI=1S/C18H26N2O4S/c1-5-12-6-7-14-13(8-12)9-15(25-14)17(22)24-11(4)16(21)20-18(23)19-10(2)3/h9-12H,5-8H2,1-4H3,(H2,19,20,21,23)/t11-,12+/m0/s1. The molecule has 1 aliphatic rings. The van der Waals surface area contributed by atoms with Gasteiger partial charge in [0.1, 0.15) is 4.88 Å². The molecule has 0 unspecified atom stereocenters. The number of carbonyl (C=O) groups excluding carboxylic acids is 3. The molecule has 0 radical (unpaired) electrons. The minimum atomic E-state index is -1.03. The molecule has 2 rings (SSSR count). The number of aryl methyl sites for hydroxylation is 1. The van der Waals surface area contributed by atoms with Crippen LogP contribution in [-0.2, 0) is 22.4 Å². The average molecular weight is 366 g/mol. The Morgan fingerprint density at radius 2 is 2.04 bits per heavy atom. The van der Waals surface area contributed by atoms with Gasteiger partial charge >= 0.3 is 12.0 Å². The largest absolute Gasteiger partial charge is 0.448 e. The number of urea groups is 1. The van der Waals surface area contributed by atoms with Gasteiger partial charge in [0.2, 0.25) is 0 Å². The molecule has 2 atom stereocenters. The van der Waals surface area contributed by atoms with Crippen molar-refractivity contribution in [3.63, 3.8) is 0 Å². The molecular weight excluding hydrogens is 340 g/mol. The second kappa shape index (κ2) is 8.47. The number of hydrogen-bond donors (Lipinski definition) is 2. The zero-order chi connectivity index (χ0) is 18.6. The molecule has 0 aromatic carbocycles. The van der Waals surface area contributed by atoms with Crippen LogP contribution in [-0.4, -0.2) is 30.1 Å². The normalized spacial score (nSPS) is 17.6. The molecule has 0 saturated heterocycles. The molecule has 138 valence electrons. The Labute approximate surface area is 152 Å². The number of rotatable bonds is 5. The van der Waals surface area contributed by atoms with Gasteiger partial charge in [-0.15, -0.1) is 11.3 Å². The van der Waals surface area contributed by atoms with Gasteiger partial charge in [0, 0.05) is 10.9 Å². The predicted octanol–water partition coefficient (Wildman–Crippen LogP) is 3.04. The molecule has 0 bridgehead atoms. The highest BCUT2D eigenvalue weighted by Crippen LogP contribution is 2.33. The number of carbonyl (C=O) groups is 3. The summed E-state index contributed by atoms with van der Waals surface area (Å²) in [5.41, 5.74) is 1.23. The summed E-state index contributed by atoms with van der Waals surface area (Å²) in [7, 11) is 0. The molecular formula is C18H26N2O4S. The summed E-state index contributed by atoms with van der Waals surface area (Å²) in [5.74, 6) is -0.478. The van der Waals surface area contributed by atoms with E-state index in [-0.39, 0.29) is 6.04 Å². The van der Waals surface area contributed by atoms with Crippen molar-refractivity contribution >= 4 is 29.2 Å². The van der Waals surface area contributed by atoms with Crippen molar-refractivity contribution in [2.24, 2.45) is 5.92 Å². The highest BCUT2D eigenvalue weighted by Gasteiger charge is 2.25. The Morgan fingerprint density at radius 1 is 1.32 bits per heavy atom. The van der Waals surface area contributed by atoms with Crippen LogP contribution in [0.2, 0.25) is 0 Å². The van der Waals surface area contributed by atoms with Crippen LogP contribution < -0.4 is 10.6 Å². The van der Waals surface area contributed by atoms with Crippen LogP contribution in [0.3, 0.4) is 0 Å². The van der Waals surface area contributed by atoms with Crippen LogP contribution in [0, 0.1) is 5.92 Å². The van der Waals surface area contributed by atoms with E-state index in [1.807, 2.05) is 6.07 Å². The van der Waals surface area contributed by atoms with Crippen molar-refractivity contribution < 1.29 is 19.1 Å². The first kappa shape index (κ1) is 19.4. The number of thiophene rings is 1. The Hall–Kier alpha value is -1.89. The molecule has 6 nitrogen and oxygen atoms in total. The number of imide groups is 1. The van der Waals surface area contributed by atoms with Gasteiger partial charge < -0.3 is 10.1 Å². The van der Waals surface area contributed by atoms with E-state index >= 15 is 0 Å². The lowest BCUT2D eigenvalue weighted by Gasteiger charge is -2.19. The summed E-state index contributed by atoms with van der Waals surface area (Å²) in [6.45, 7) is 7.22. The third kappa shape index (κ3) is 5.29. The smallest absolute Gasteiger partial charge is 0.349 e. The number of hydrogen-bond acceptors (Lipinski definition) is 5. The van der Waals surface area contributed by atoms with E-state index in [1.54, 1.807) is 13.8 Å². The van der Waals surface area contributed by atoms with E-state index in [0.29, 0.717) is 10.8 Å². The van der Waals surface area contributed by atoms with Crippen molar-refractivity contribution in [2.45, 2.75) is 65.5 Å². The van der Waals surface area contributed by atoms with Crippen molar-refractivity contribution in [3.05, 3.63) is 21.4 Å². The van der Waals surface area contributed by atoms with E-state index < -0.39 is 24.0 Å². The predicted molar refractivity (Wildman–Crippen MR) is 96.8 cm³/mol. The van der Waals surface area contributed by atoms with Crippen LogP contribution in [0.4, 0.5) is 4.79 Å². The lowest BCUT2D eigenvalue weighted by molar-refractivity contribution is -0.127. The Bertz CT molecular complexity index is 654. The summed E-state index contributed by atoms with van der Waals surface area (Å²) in [5, 5.41) is 4.71. The van der Waals surface area contributed by atoms with Crippen molar-refractivity contribution in [3.8, 4) is 0 Å². The molecule has 1 aromatic rings. The minimum Gasteiger partial charge on any atom is -0.448 e. The molecule has 3 amide bonds. The fourth-order valence-corrected chi connectivity index (χ4v) is 3.92. The fraction of sp³-hybridized carbons (Fsp3) is 0.611. The Balaban J connectivity index is 1.92. The zero-order valence-electron chi connectivity index (χ0n) is 15.2. The van der Waals surface area contributed by atoms with E-state index in [2.05, 4.69) is 17.6 Å². The molecule has 0 aliphatic heterocycles. The quantitative estimate of drug-likeness (QED) is 0.785. The molecule has 1 aliphatic carbocycles. The highest BCUT2D eigenvalue weighted by atomic mass is 32.1. The number of fused-ring (bicyclic) bond motifs is 1. The minimum absolute atomic E-state index is 0.0879. The third-order valence-electron chi connectivity index (χ3n) is 4.27. The van der Waals surface area contributed by atoms with Crippen LogP contribution in [0.5, 0.6) is 0 Å². The third-order valence-corrected chi connectivity index (χ3v) is 5.49. The van der Waals surface area contributed by atoms with Gasteiger partial charge in [-0.1, -0.05) is 13.3 Å². The van der Waals surface area contributed by atoms with Gasteiger partial charge in [-0.2, -0.15) is 0 Å². The lowest BCUT2D eigenvalue weighted by Crippen LogP contribution is -2.46. The summed E-state index contributed by atoms with van der Waals surface area (Å²) in [4.78, 5) is 37.5. The number of nitrogens with one attached hydrogen (secondary N) is 2. The van der Waals surface area contributed by atoms with Crippen molar-refractivity contribution in [1.82, 2.24) is 10.6 Å². The monoisotopic (exact) mass is 366 g/mol. The van der Waals surface area contributed by atoms with Crippen LogP contribution in [0.1, 0.15) is 60.6 Å². The molecule has 0 fully saturated rings. The fourth-order valence-electron chi connectivity index (χ4n) is 2.83. The molecule has 25 heavy (non-hydrogen) atoms. The second-order valence-corrected chi connectivity index (χ2v) is 7.88. The van der Waals surface area contributed by atoms with Gasteiger partial charge in [0.25, 0.3) is 5.91 Å².